The van der Waals surface area contributed by atoms with E-state index in [0.29, 0.717) is 25.5 Å². The zero-order valence-corrected chi connectivity index (χ0v) is 14.6. The fourth-order valence-electron chi connectivity index (χ4n) is 2.59. The van der Waals surface area contributed by atoms with Gasteiger partial charge in [0.05, 0.1) is 0 Å². The molecule has 0 unspecified atom stereocenters. The number of hydrogen-bond donors (Lipinski definition) is 1. The molecule has 1 N–H and O–H groups in total. The van der Waals surface area contributed by atoms with Crippen LogP contribution in [0.5, 0.6) is 17.2 Å². The molecule has 2 aromatic carbocycles. The van der Waals surface area contributed by atoms with Crippen LogP contribution in [-0.2, 0) is 11.2 Å². The Kier molecular flexibility index (Phi) is 5.43. The molecule has 1 aliphatic heterocycles. The number of fused-ring (bicyclic) bond motifs is 1. The molecule has 1 heterocycles. The fraction of sp³-hybridized carbons (Fsp3) is 0.350. The van der Waals surface area contributed by atoms with Gasteiger partial charge in [-0.05, 0) is 61.2 Å². The number of rotatable bonds is 6. The van der Waals surface area contributed by atoms with E-state index < -0.39 is 0 Å². The maximum Gasteiger partial charge on any atom is 0.257 e. The number of amides is 1. The second-order valence-electron chi connectivity index (χ2n) is 6.11. The van der Waals surface area contributed by atoms with E-state index in [0.717, 1.165) is 29.0 Å². The van der Waals surface area contributed by atoms with E-state index in [1.165, 1.54) is 5.56 Å². The van der Waals surface area contributed by atoms with Crippen LogP contribution in [0.15, 0.2) is 36.4 Å². The molecule has 3 rings (SSSR count). The topological polar surface area (TPSA) is 56.8 Å². The molecule has 0 aliphatic carbocycles. The monoisotopic (exact) mass is 341 g/mol. The lowest BCUT2D eigenvalue weighted by Crippen LogP contribution is -2.30. The quantitative estimate of drug-likeness (QED) is 0.878. The summed E-state index contributed by atoms with van der Waals surface area (Å²) < 4.78 is 16.6. The number of hydrogen-bond acceptors (Lipinski definition) is 4. The third-order valence-corrected chi connectivity index (χ3v) is 4.19. The van der Waals surface area contributed by atoms with Crippen molar-refractivity contribution in [2.45, 2.75) is 20.3 Å². The van der Waals surface area contributed by atoms with Gasteiger partial charge in [-0.1, -0.05) is 12.1 Å². The predicted octanol–water partition coefficient (Wildman–Crippen LogP) is 2.81. The van der Waals surface area contributed by atoms with E-state index in [9.17, 15) is 4.79 Å². The van der Waals surface area contributed by atoms with Gasteiger partial charge in [0.15, 0.2) is 18.1 Å². The standard InChI is InChI=1S/C20H23NO4/c1-14-3-5-17(11-15(14)2)25-13-20(22)21-8-7-16-4-6-18-19(12-16)24-10-9-23-18/h3-6,11-12H,7-10,13H2,1-2H3,(H,21,22). The average Bonchev–Trinajstić information content (AvgIpc) is 2.62. The van der Waals surface area contributed by atoms with E-state index in [4.69, 9.17) is 14.2 Å². The molecule has 0 spiro atoms. The number of carbonyl (C=O) groups is 1. The molecular weight excluding hydrogens is 318 g/mol. The van der Waals surface area contributed by atoms with E-state index in [1.54, 1.807) is 0 Å². The van der Waals surface area contributed by atoms with Crippen molar-refractivity contribution in [2.24, 2.45) is 0 Å². The highest BCUT2D eigenvalue weighted by Crippen LogP contribution is 2.30. The maximum absolute atomic E-state index is 11.9. The van der Waals surface area contributed by atoms with Gasteiger partial charge in [-0.2, -0.15) is 0 Å². The van der Waals surface area contributed by atoms with Gasteiger partial charge in [0.2, 0.25) is 0 Å². The Balaban J connectivity index is 1.42. The van der Waals surface area contributed by atoms with Crippen molar-refractivity contribution in [3.05, 3.63) is 53.1 Å². The van der Waals surface area contributed by atoms with E-state index in [-0.39, 0.29) is 12.5 Å². The minimum absolute atomic E-state index is 0.0175. The number of carbonyl (C=O) groups excluding carboxylic acids is 1. The summed E-state index contributed by atoms with van der Waals surface area (Å²) in [7, 11) is 0. The lowest BCUT2D eigenvalue weighted by molar-refractivity contribution is -0.123. The predicted molar refractivity (Wildman–Crippen MR) is 95.6 cm³/mol. The Labute approximate surface area is 147 Å². The highest BCUT2D eigenvalue weighted by Gasteiger charge is 2.11. The first-order chi connectivity index (χ1) is 12.1. The van der Waals surface area contributed by atoms with Crippen LogP contribution in [0.4, 0.5) is 0 Å². The largest absolute Gasteiger partial charge is 0.486 e. The summed E-state index contributed by atoms with van der Waals surface area (Å²) in [6.07, 6.45) is 0.728. The molecule has 2 aromatic rings. The zero-order chi connectivity index (χ0) is 17.6. The van der Waals surface area contributed by atoms with Crippen molar-refractivity contribution < 1.29 is 19.0 Å². The summed E-state index contributed by atoms with van der Waals surface area (Å²) in [5, 5.41) is 2.87. The van der Waals surface area contributed by atoms with Crippen molar-refractivity contribution in [3.63, 3.8) is 0 Å². The van der Waals surface area contributed by atoms with Crippen LogP contribution in [0.2, 0.25) is 0 Å². The summed E-state index contributed by atoms with van der Waals surface area (Å²) in [4.78, 5) is 11.9. The minimum Gasteiger partial charge on any atom is -0.486 e. The highest BCUT2D eigenvalue weighted by molar-refractivity contribution is 5.77. The number of ether oxygens (including phenoxy) is 3. The third kappa shape index (κ3) is 4.66. The van der Waals surface area contributed by atoms with Crippen LogP contribution < -0.4 is 19.5 Å². The molecular formula is C20H23NO4. The molecule has 0 atom stereocenters. The average molecular weight is 341 g/mol. The molecule has 5 heteroatoms. The third-order valence-electron chi connectivity index (χ3n) is 4.19. The molecule has 0 radical (unpaired) electrons. The first-order valence-electron chi connectivity index (χ1n) is 8.47. The SMILES string of the molecule is Cc1ccc(OCC(=O)NCCc2ccc3c(c2)OCCO3)cc1C. The Morgan fingerprint density at radius 1 is 1.04 bits per heavy atom. The van der Waals surface area contributed by atoms with Crippen LogP contribution in [0.3, 0.4) is 0 Å². The summed E-state index contributed by atoms with van der Waals surface area (Å²) >= 11 is 0. The van der Waals surface area contributed by atoms with Crippen LogP contribution in [0.25, 0.3) is 0 Å². The molecule has 132 valence electrons. The second kappa shape index (κ2) is 7.92. The molecule has 0 saturated carbocycles. The summed E-state index contributed by atoms with van der Waals surface area (Å²) in [6, 6.07) is 11.7. The van der Waals surface area contributed by atoms with Gasteiger partial charge in [-0.25, -0.2) is 0 Å². The van der Waals surface area contributed by atoms with Crippen LogP contribution >= 0.6 is 0 Å². The molecule has 0 fully saturated rings. The van der Waals surface area contributed by atoms with Crippen molar-refractivity contribution >= 4 is 5.91 Å². The van der Waals surface area contributed by atoms with Gasteiger partial charge >= 0.3 is 0 Å². The minimum atomic E-state index is -0.129. The lowest BCUT2D eigenvalue weighted by atomic mass is 10.1. The second-order valence-corrected chi connectivity index (χ2v) is 6.11. The first-order valence-corrected chi connectivity index (χ1v) is 8.47. The van der Waals surface area contributed by atoms with Gasteiger partial charge in [0.1, 0.15) is 19.0 Å². The molecule has 1 aliphatic rings. The maximum atomic E-state index is 11.9. The lowest BCUT2D eigenvalue weighted by Gasteiger charge is -2.18. The van der Waals surface area contributed by atoms with Crippen molar-refractivity contribution in [1.29, 1.82) is 0 Å². The Bertz CT molecular complexity index is 757. The smallest absolute Gasteiger partial charge is 0.257 e. The van der Waals surface area contributed by atoms with Crippen molar-refractivity contribution in [2.75, 3.05) is 26.4 Å². The van der Waals surface area contributed by atoms with Gasteiger partial charge in [0, 0.05) is 6.54 Å². The Morgan fingerprint density at radius 3 is 2.64 bits per heavy atom. The fourth-order valence-corrected chi connectivity index (χ4v) is 2.59. The number of aryl methyl sites for hydroxylation is 2. The normalized spacial score (nSPS) is 12.6. The van der Waals surface area contributed by atoms with Gasteiger partial charge in [0.25, 0.3) is 5.91 Å². The van der Waals surface area contributed by atoms with Crippen LogP contribution in [0.1, 0.15) is 16.7 Å². The Hall–Kier alpha value is -2.69. The highest BCUT2D eigenvalue weighted by atomic mass is 16.6. The molecule has 0 aromatic heterocycles. The summed E-state index contributed by atoms with van der Waals surface area (Å²) in [6.45, 7) is 5.80. The Morgan fingerprint density at radius 2 is 1.84 bits per heavy atom. The molecule has 0 bridgehead atoms. The van der Waals surface area contributed by atoms with Crippen LogP contribution in [-0.4, -0.2) is 32.3 Å². The molecule has 5 nitrogen and oxygen atoms in total. The molecule has 0 saturated heterocycles. The zero-order valence-electron chi connectivity index (χ0n) is 14.6. The van der Waals surface area contributed by atoms with E-state index in [1.807, 2.05) is 50.2 Å². The molecule has 1 amide bonds. The van der Waals surface area contributed by atoms with Crippen molar-refractivity contribution in [1.82, 2.24) is 5.32 Å². The van der Waals surface area contributed by atoms with Crippen molar-refractivity contribution in [3.8, 4) is 17.2 Å². The van der Waals surface area contributed by atoms with Gasteiger partial charge in [-0.3, -0.25) is 4.79 Å². The first kappa shape index (κ1) is 17.1. The van der Waals surface area contributed by atoms with E-state index >= 15 is 0 Å². The summed E-state index contributed by atoms with van der Waals surface area (Å²) in [5.74, 6) is 2.13. The number of benzene rings is 2. The summed E-state index contributed by atoms with van der Waals surface area (Å²) in [5.41, 5.74) is 3.45. The molecule has 25 heavy (non-hydrogen) atoms. The van der Waals surface area contributed by atoms with Gasteiger partial charge < -0.3 is 19.5 Å². The van der Waals surface area contributed by atoms with E-state index in [2.05, 4.69) is 5.32 Å². The van der Waals surface area contributed by atoms with Gasteiger partial charge in [-0.15, -0.1) is 0 Å². The number of nitrogens with one attached hydrogen (secondary N) is 1. The van der Waals surface area contributed by atoms with Crippen LogP contribution in [0, 0.1) is 13.8 Å².